The van der Waals surface area contributed by atoms with Crippen LogP contribution in [0.1, 0.15) is 43.2 Å². The summed E-state index contributed by atoms with van der Waals surface area (Å²) >= 11 is 1.47. The van der Waals surface area contributed by atoms with E-state index >= 15 is 0 Å². The predicted octanol–water partition coefficient (Wildman–Crippen LogP) is 3.79. The number of amides is 1. The lowest BCUT2D eigenvalue weighted by Crippen LogP contribution is -2.27. The van der Waals surface area contributed by atoms with Crippen molar-refractivity contribution in [3.8, 4) is 0 Å². The molecule has 3 N–H and O–H groups in total. The van der Waals surface area contributed by atoms with E-state index in [9.17, 15) is 19.7 Å². The minimum Gasteiger partial charge on any atom is -0.461 e. The van der Waals surface area contributed by atoms with Crippen molar-refractivity contribution >= 4 is 38.3 Å². The highest BCUT2D eigenvalue weighted by Crippen LogP contribution is 2.30. The third kappa shape index (κ3) is 6.96. The Morgan fingerprint density at radius 2 is 2.03 bits per heavy atom. The van der Waals surface area contributed by atoms with Gasteiger partial charge in [0.1, 0.15) is 12.7 Å². The van der Waals surface area contributed by atoms with Crippen LogP contribution in [0.2, 0.25) is 0 Å². The molecule has 2 aromatic heterocycles. The maximum absolute atomic E-state index is 12.8. The van der Waals surface area contributed by atoms with E-state index in [1.165, 1.54) is 11.3 Å². The van der Waals surface area contributed by atoms with Crippen molar-refractivity contribution in [2.24, 2.45) is 5.73 Å². The van der Waals surface area contributed by atoms with E-state index in [1.54, 1.807) is 43.6 Å². The number of fused-ring (bicyclic) bond motifs is 1. The second-order valence-corrected chi connectivity index (χ2v) is 8.69. The van der Waals surface area contributed by atoms with Crippen LogP contribution >= 0.6 is 11.3 Å². The van der Waals surface area contributed by atoms with Gasteiger partial charge in [0.25, 0.3) is 5.09 Å². The number of benzene rings is 1. The number of nitrogens with one attached hydrogen (secondary N) is 1. The first-order valence-electron chi connectivity index (χ1n) is 10.8. The van der Waals surface area contributed by atoms with Crippen LogP contribution in [0.3, 0.4) is 0 Å². The third-order valence-electron chi connectivity index (χ3n) is 5.26. The molecule has 0 fully saturated rings. The number of anilines is 1. The van der Waals surface area contributed by atoms with Crippen LogP contribution in [0.25, 0.3) is 10.1 Å². The molecule has 0 aliphatic rings. The van der Waals surface area contributed by atoms with Gasteiger partial charge < -0.3 is 20.6 Å². The van der Waals surface area contributed by atoms with Crippen molar-refractivity contribution < 1.29 is 24.3 Å². The highest BCUT2D eigenvalue weighted by molar-refractivity contribution is 7.22. The van der Waals surface area contributed by atoms with Gasteiger partial charge >= 0.3 is 5.97 Å². The smallest absolute Gasteiger partial charge is 0.306 e. The molecule has 1 amide bonds. The van der Waals surface area contributed by atoms with Gasteiger partial charge in [-0.3, -0.25) is 14.6 Å². The lowest BCUT2D eigenvalue weighted by atomic mass is 9.97. The number of esters is 1. The highest BCUT2D eigenvalue weighted by atomic mass is 32.1. The molecule has 34 heavy (non-hydrogen) atoms. The molecule has 11 heteroatoms. The summed E-state index contributed by atoms with van der Waals surface area (Å²) in [6.45, 7) is 1.94. The first kappa shape index (κ1) is 25.1. The van der Waals surface area contributed by atoms with Gasteiger partial charge in [0.2, 0.25) is 5.91 Å². The van der Waals surface area contributed by atoms with Gasteiger partial charge in [0, 0.05) is 35.4 Å². The van der Waals surface area contributed by atoms with Crippen LogP contribution in [0, 0.1) is 10.1 Å². The van der Waals surface area contributed by atoms with E-state index in [-0.39, 0.29) is 31.9 Å². The summed E-state index contributed by atoms with van der Waals surface area (Å²) in [5.41, 5.74) is 7.38. The fraction of sp³-hybridized carbons (Fsp3) is 0.348. The fourth-order valence-corrected chi connectivity index (χ4v) is 4.30. The number of pyridine rings is 1. The first-order chi connectivity index (χ1) is 16.4. The maximum atomic E-state index is 12.8. The van der Waals surface area contributed by atoms with E-state index in [2.05, 4.69) is 15.1 Å². The van der Waals surface area contributed by atoms with Crippen LogP contribution in [-0.2, 0) is 25.8 Å². The van der Waals surface area contributed by atoms with Gasteiger partial charge in [0.15, 0.2) is 0 Å². The topological polar surface area (TPSA) is 147 Å². The van der Waals surface area contributed by atoms with E-state index < -0.39 is 23.1 Å². The molecule has 0 saturated heterocycles. The second kappa shape index (κ2) is 12.1. The summed E-state index contributed by atoms with van der Waals surface area (Å²) in [5, 5.41) is 14.2. The molecule has 0 aliphatic carbocycles. The number of carbonyl (C=O) groups is 2. The Kier molecular flexibility index (Phi) is 8.88. The Morgan fingerprint density at radius 3 is 2.68 bits per heavy atom. The van der Waals surface area contributed by atoms with Gasteiger partial charge in [-0.2, -0.15) is 0 Å². The number of rotatable bonds is 12. The average Bonchev–Trinajstić information content (AvgIpc) is 3.23. The SMILES string of the molecule is CC[C@@H](CCC(=O)OCc1ccc([C@@H](CN)C(=O)Nc2cc3cnccc3s2)cc1)O[N+](=O)[O-]. The Morgan fingerprint density at radius 1 is 1.26 bits per heavy atom. The number of thiophene rings is 1. The van der Waals surface area contributed by atoms with Crippen molar-refractivity contribution in [1.82, 2.24) is 4.98 Å². The third-order valence-corrected chi connectivity index (χ3v) is 6.29. The van der Waals surface area contributed by atoms with Crippen molar-refractivity contribution in [2.75, 3.05) is 11.9 Å². The van der Waals surface area contributed by atoms with Crippen molar-refractivity contribution in [1.29, 1.82) is 0 Å². The van der Waals surface area contributed by atoms with Crippen molar-refractivity contribution in [3.63, 3.8) is 0 Å². The monoisotopic (exact) mass is 486 g/mol. The minimum atomic E-state index is -0.851. The van der Waals surface area contributed by atoms with Crippen molar-refractivity contribution in [2.45, 2.75) is 44.8 Å². The van der Waals surface area contributed by atoms with Gasteiger partial charge in [0.05, 0.1) is 10.9 Å². The van der Waals surface area contributed by atoms with Crippen LogP contribution in [0.4, 0.5) is 5.00 Å². The Labute approximate surface area is 200 Å². The molecule has 180 valence electrons. The fourth-order valence-electron chi connectivity index (χ4n) is 3.36. The Hall–Kier alpha value is -3.57. The largest absolute Gasteiger partial charge is 0.461 e. The van der Waals surface area contributed by atoms with Crippen LogP contribution < -0.4 is 11.1 Å². The Bertz CT molecular complexity index is 1100. The normalized spacial score (nSPS) is 12.6. The molecule has 10 nitrogen and oxygen atoms in total. The summed E-state index contributed by atoms with van der Waals surface area (Å²) < 4.78 is 6.27. The number of ether oxygens (including phenoxy) is 1. The number of aromatic nitrogens is 1. The molecule has 0 bridgehead atoms. The summed E-state index contributed by atoms with van der Waals surface area (Å²) in [7, 11) is 0. The zero-order valence-corrected chi connectivity index (χ0v) is 19.5. The van der Waals surface area contributed by atoms with E-state index in [0.29, 0.717) is 6.42 Å². The Balaban J connectivity index is 1.52. The molecule has 1 aromatic carbocycles. The zero-order valence-electron chi connectivity index (χ0n) is 18.6. The van der Waals surface area contributed by atoms with E-state index in [1.807, 2.05) is 12.1 Å². The molecule has 0 saturated carbocycles. The van der Waals surface area contributed by atoms with Crippen LogP contribution in [0.5, 0.6) is 0 Å². The van der Waals surface area contributed by atoms with Gasteiger partial charge in [-0.05, 0) is 36.1 Å². The van der Waals surface area contributed by atoms with Gasteiger partial charge in [-0.1, -0.05) is 31.2 Å². The molecule has 0 spiro atoms. The number of nitrogens with two attached hydrogens (primary N) is 1. The molecule has 0 unspecified atom stereocenters. The van der Waals surface area contributed by atoms with Crippen molar-refractivity contribution in [3.05, 3.63) is 70.0 Å². The molecule has 0 radical (unpaired) electrons. The molecule has 3 aromatic rings. The van der Waals surface area contributed by atoms with E-state index in [4.69, 9.17) is 10.5 Å². The molecular weight excluding hydrogens is 460 g/mol. The molecule has 0 aliphatic heterocycles. The summed E-state index contributed by atoms with van der Waals surface area (Å²) in [6.07, 6.45) is 3.47. The molecule has 3 rings (SSSR count). The maximum Gasteiger partial charge on any atom is 0.306 e. The first-order valence-corrected chi connectivity index (χ1v) is 11.6. The quantitative estimate of drug-likeness (QED) is 0.223. The highest BCUT2D eigenvalue weighted by Gasteiger charge is 2.20. The number of hydrogen-bond acceptors (Lipinski definition) is 9. The molecule has 2 atom stereocenters. The van der Waals surface area contributed by atoms with E-state index in [0.717, 1.165) is 26.2 Å². The summed E-state index contributed by atoms with van der Waals surface area (Å²) in [6, 6.07) is 10.9. The second-order valence-electron chi connectivity index (χ2n) is 7.60. The van der Waals surface area contributed by atoms with Crippen LogP contribution in [0.15, 0.2) is 48.8 Å². The number of nitrogens with zero attached hydrogens (tertiary/aromatic N) is 2. The average molecular weight is 487 g/mol. The standard InChI is InChI=1S/C23H26N4O6S/c1-2-18(33-27(30)31)7-8-22(28)32-14-15-3-5-16(6-4-15)19(12-24)23(29)26-21-11-17-13-25-10-9-20(17)34-21/h3-6,9-11,13,18-19H,2,7-8,12,14,24H2,1H3,(H,26,29)/t18-,19+/m0/s1. The lowest BCUT2D eigenvalue weighted by Gasteiger charge is -2.15. The minimum absolute atomic E-state index is 0.0215. The summed E-state index contributed by atoms with van der Waals surface area (Å²) in [4.78, 5) is 43.8. The molecular formula is C23H26N4O6S. The van der Waals surface area contributed by atoms with Gasteiger partial charge in [-0.25, -0.2) is 0 Å². The predicted molar refractivity (Wildman–Crippen MR) is 128 cm³/mol. The van der Waals surface area contributed by atoms with Crippen LogP contribution in [-0.4, -0.2) is 34.6 Å². The molecule has 2 heterocycles. The zero-order chi connectivity index (χ0) is 24.5. The summed E-state index contributed by atoms with van der Waals surface area (Å²) in [5.74, 6) is -1.21. The van der Waals surface area contributed by atoms with Gasteiger partial charge in [-0.15, -0.1) is 21.5 Å². The lowest BCUT2D eigenvalue weighted by molar-refractivity contribution is -0.768. The number of carbonyl (C=O) groups excluding carboxylic acids is 2. The number of hydrogen-bond donors (Lipinski definition) is 2.